The van der Waals surface area contributed by atoms with Gasteiger partial charge in [0.2, 0.25) is 0 Å². The molecule has 0 aliphatic rings. The number of carbonyl (C=O) groups excluding carboxylic acids is 1. The Kier molecular flexibility index (Phi) is 11.8. The first-order valence-corrected chi connectivity index (χ1v) is 15.2. The van der Waals surface area contributed by atoms with E-state index in [2.05, 4.69) is 29.7 Å². The molecule has 210 valence electrons. The second kappa shape index (κ2) is 14.8. The topological polar surface area (TPSA) is 116 Å². The van der Waals surface area contributed by atoms with Crippen molar-refractivity contribution >= 4 is 38.9 Å². The van der Waals surface area contributed by atoms with E-state index >= 15 is 0 Å². The molecule has 0 fully saturated rings. The van der Waals surface area contributed by atoms with Gasteiger partial charge < -0.3 is 20.8 Å². The summed E-state index contributed by atoms with van der Waals surface area (Å²) < 4.78 is 24.7. The molecule has 0 saturated carbocycles. The van der Waals surface area contributed by atoms with E-state index < -0.39 is 27.9 Å². The number of halogens is 2. The number of benzene rings is 3. The molecule has 2 atom stereocenters. The van der Waals surface area contributed by atoms with E-state index in [1.54, 1.807) is 18.2 Å². The smallest absolute Gasteiger partial charge is 0.251 e. The number of aryl methyl sites for hydroxylation is 1. The van der Waals surface area contributed by atoms with Gasteiger partial charge in [0.25, 0.3) is 5.91 Å². The molecular formula is C29H34Cl2N2O5S. The van der Waals surface area contributed by atoms with Crippen LogP contribution in [0.1, 0.15) is 40.4 Å². The SMILES string of the molecule is CCc1cccc(CNC[C@@H](O)[C@H](Cc2cc(Cl)cc(Cl)c2)NC(=O)c2ccc(S(=O)(=O)CCCO)cc2)c1. The van der Waals surface area contributed by atoms with Crippen molar-refractivity contribution in [3.63, 3.8) is 0 Å². The van der Waals surface area contributed by atoms with E-state index in [0.717, 1.165) is 17.5 Å². The number of sulfone groups is 1. The van der Waals surface area contributed by atoms with Gasteiger partial charge in [-0.2, -0.15) is 0 Å². The fourth-order valence-electron chi connectivity index (χ4n) is 4.17. The first kappa shape index (κ1) is 31.1. The third kappa shape index (κ3) is 9.60. The number of aliphatic hydroxyl groups excluding tert-OH is 2. The molecule has 7 nitrogen and oxygen atoms in total. The molecule has 0 radical (unpaired) electrons. The van der Waals surface area contributed by atoms with Crippen molar-refractivity contribution in [1.82, 2.24) is 10.6 Å². The molecule has 4 N–H and O–H groups in total. The van der Waals surface area contributed by atoms with Crippen molar-refractivity contribution in [3.8, 4) is 0 Å². The summed E-state index contributed by atoms with van der Waals surface area (Å²) in [5.41, 5.74) is 3.32. The highest BCUT2D eigenvalue weighted by molar-refractivity contribution is 7.91. The van der Waals surface area contributed by atoms with Gasteiger partial charge in [0, 0.05) is 35.3 Å². The first-order chi connectivity index (χ1) is 18.6. The van der Waals surface area contributed by atoms with Gasteiger partial charge in [-0.05, 0) is 78.4 Å². The summed E-state index contributed by atoms with van der Waals surface area (Å²) in [6.07, 6.45) is 0.394. The lowest BCUT2D eigenvalue weighted by molar-refractivity contribution is 0.0830. The summed E-state index contributed by atoms with van der Waals surface area (Å²) in [6.45, 7) is 2.65. The third-order valence-corrected chi connectivity index (χ3v) is 8.54. The lowest BCUT2D eigenvalue weighted by atomic mass is 10.00. The summed E-state index contributed by atoms with van der Waals surface area (Å²) in [4.78, 5) is 13.2. The van der Waals surface area contributed by atoms with Gasteiger partial charge in [-0.1, -0.05) is 54.4 Å². The highest BCUT2D eigenvalue weighted by Crippen LogP contribution is 2.21. The minimum Gasteiger partial charge on any atom is -0.396 e. The zero-order chi connectivity index (χ0) is 28.4. The van der Waals surface area contributed by atoms with Crippen LogP contribution in [0.5, 0.6) is 0 Å². The van der Waals surface area contributed by atoms with Gasteiger partial charge in [-0.25, -0.2) is 8.42 Å². The van der Waals surface area contributed by atoms with Gasteiger partial charge in [-0.3, -0.25) is 4.79 Å². The minimum atomic E-state index is -3.55. The van der Waals surface area contributed by atoms with Crippen molar-refractivity contribution < 1.29 is 23.4 Å². The minimum absolute atomic E-state index is 0.0778. The van der Waals surface area contributed by atoms with Crippen LogP contribution >= 0.6 is 23.2 Å². The van der Waals surface area contributed by atoms with Crippen molar-refractivity contribution in [3.05, 3.63) is 99.0 Å². The summed E-state index contributed by atoms with van der Waals surface area (Å²) in [5.74, 6) is -0.636. The van der Waals surface area contributed by atoms with Crippen LogP contribution in [0.4, 0.5) is 0 Å². The number of amides is 1. The highest BCUT2D eigenvalue weighted by Gasteiger charge is 2.23. The molecule has 0 aliphatic heterocycles. The van der Waals surface area contributed by atoms with Crippen molar-refractivity contribution in [2.75, 3.05) is 18.9 Å². The van der Waals surface area contributed by atoms with Gasteiger partial charge in [0.05, 0.1) is 22.8 Å². The Morgan fingerprint density at radius 2 is 1.62 bits per heavy atom. The molecule has 39 heavy (non-hydrogen) atoms. The maximum absolute atomic E-state index is 13.1. The van der Waals surface area contributed by atoms with E-state index in [4.69, 9.17) is 28.3 Å². The molecule has 0 aliphatic carbocycles. The van der Waals surface area contributed by atoms with E-state index in [9.17, 15) is 18.3 Å². The third-order valence-electron chi connectivity index (χ3n) is 6.29. The van der Waals surface area contributed by atoms with Crippen molar-refractivity contribution in [1.29, 1.82) is 0 Å². The Labute approximate surface area is 240 Å². The van der Waals surface area contributed by atoms with E-state index in [-0.39, 0.29) is 42.2 Å². The number of hydrogen-bond acceptors (Lipinski definition) is 6. The lowest BCUT2D eigenvalue weighted by Crippen LogP contribution is -2.48. The van der Waals surface area contributed by atoms with Gasteiger partial charge in [-0.15, -0.1) is 0 Å². The van der Waals surface area contributed by atoms with E-state index in [1.165, 1.54) is 29.8 Å². The fourth-order valence-corrected chi connectivity index (χ4v) is 6.04. The Bertz CT molecular complexity index is 1330. The highest BCUT2D eigenvalue weighted by atomic mass is 35.5. The average Bonchev–Trinajstić information content (AvgIpc) is 2.91. The van der Waals surface area contributed by atoms with Crippen molar-refractivity contribution in [2.45, 2.75) is 49.8 Å². The Morgan fingerprint density at radius 1 is 0.949 bits per heavy atom. The first-order valence-electron chi connectivity index (χ1n) is 12.8. The molecule has 0 saturated heterocycles. The van der Waals surface area contributed by atoms with E-state index in [0.29, 0.717) is 16.6 Å². The number of aliphatic hydroxyl groups is 2. The second-order valence-corrected chi connectivity index (χ2v) is 12.3. The van der Waals surface area contributed by atoms with Crippen LogP contribution in [0.3, 0.4) is 0 Å². The maximum Gasteiger partial charge on any atom is 0.251 e. The fraction of sp³-hybridized carbons (Fsp3) is 0.345. The molecule has 3 aromatic carbocycles. The van der Waals surface area contributed by atoms with Crippen LogP contribution < -0.4 is 10.6 Å². The molecular weight excluding hydrogens is 559 g/mol. The molecule has 0 spiro atoms. The van der Waals surface area contributed by atoms with Crippen LogP contribution in [0, 0.1) is 0 Å². The second-order valence-electron chi connectivity index (χ2n) is 9.35. The average molecular weight is 594 g/mol. The number of nitrogens with one attached hydrogen (secondary N) is 2. The Balaban J connectivity index is 1.72. The van der Waals surface area contributed by atoms with Gasteiger partial charge >= 0.3 is 0 Å². The van der Waals surface area contributed by atoms with Crippen LogP contribution in [-0.2, 0) is 29.2 Å². The number of carbonyl (C=O) groups is 1. The predicted molar refractivity (Wildman–Crippen MR) is 155 cm³/mol. The van der Waals surface area contributed by atoms with Crippen LogP contribution in [0.25, 0.3) is 0 Å². The summed E-state index contributed by atoms with van der Waals surface area (Å²) in [7, 11) is -3.55. The standard InChI is InChI=1S/C29H34Cl2N2O5S/c1-2-20-5-3-6-21(13-20)18-32-19-28(35)27(16-22-14-24(30)17-25(31)15-22)33-29(36)23-7-9-26(10-8-23)39(37,38)12-4-11-34/h3,5-10,13-15,17,27-28,32,34-35H,2,4,11-12,16,18-19H2,1H3,(H,33,36)/t27-,28+/m0/s1. The van der Waals surface area contributed by atoms with Crippen molar-refractivity contribution in [2.24, 2.45) is 0 Å². The van der Waals surface area contributed by atoms with Gasteiger partial charge in [0.15, 0.2) is 9.84 Å². The van der Waals surface area contributed by atoms with Gasteiger partial charge in [0.1, 0.15) is 0 Å². The number of rotatable bonds is 14. The Hall–Kier alpha value is -2.46. The Morgan fingerprint density at radius 3 is 2.26 bits per heavy atom. The zero-order valence-electron chi connectivity index (χ0n) is 21.7. The van der Waals surface area contributed by atoms with Crippen LogP contribution in [0.15, 0.2) is 71.6 Å². The maximum atomic E-state index is 13.1. The summed E-state index contributed by atoms with van der Waals surface area (Å²) >= 11 is 12.3. The molecule has 0 bridgehead atoms. The predicted octanol–water partition coefficient (Wildman–Crippen LogP) is 4.20. The normalized spacial score (nSPS) is 13.2. The van der Waals surface area contributed by atoms with Crippen LogP contribution in [0.2, 0.25) is 10.0 Å². The molecule has 10 heteroatoms. The molecule has 1 amide bonds. The monoisotopic (exact) mass is 592 g/mol. The quantitative estimate of drug-likeness (QED) is 0.223. The summed E-state index contributed by atoms with van der Waals surface area (Å²) in [5, 5.41) is 27.0. The van der Waals surface area contributed by atoms with E-state index in [1.807, 2.05) is 12.1 Å². The number of hydrogen-bond donors (Lipinski definition) is 4. The molecule has 3 aromatic rings. The summed E-state index contributed by atoms with van der Waals surface area (Å²) in [6, 6.07) is 18.2. The molecule has 0 aromatic heterocycles. The largest absolute Gasteiger partial charge is 0.396 e. The molecule has 0 heterocycles. The molecule has 0 unspecified atom stereocenters. The zero-order valence-corrected chi connectivity index (χ0v) is 24.1. The lowest BCUT2D eigenvalue weighted by Gasteiger charge is -2.25. The van der Waals surface area contributed by atoms with Crippen LogP contribution in [-0.4, -0.2) is 55.6 Å². The molecule has 3 rings (SSSR count).